The van der Waals surface area contributed by atoms with Crippen LogP contribution in [0.5, 0.6) is 17.4 Å². The van der Waals surface area contributed by atoms with E-state index >= 15 is 0 Å². The van der Waals surface area contributed by atoms with Crippen LogP contribution in [-0.2, 0) is 6.54 Å². The molecule has 3 heterocycles. The van der Waals surface area contributed by atoms with Crippen LogP contribution in [0.1, 0.15) is 39.8 Å². The lowest BCUT2D eigenvalue weighted by molar-refractivity contribution is 0.0789. The van der Waals surface area contributed by atoms with E-state index in [4.69, 9.17) is 9.47 Å². The zero-order chi connectivity index (χ0) is 24.2. The number of ether oxygens (including phenoxy) is 2. The van der Waals surface area contributed by atoms with Crippen LogP contribution in [0, 0.1) is 6.92 Å². The van der Waals surface area contributed by atoms with Crippen LogP contribution in [-0.4, -0.2) is 50.8 Å². The first kappa shape index (κ1) is 22.6. The maximum absolute atomic E-state index is 13.4. The molecule has 1 atom stereocenters. The Morgan fingerprint density at radius 1 is 1.06 bits per heavy atom. The molecule has 178 valence electrons. The molecule has 35 heavy (non-hydrogen) atoms. The number of likely N-dealkylation sites (tertiary alicyclic amines) is 1. The van der Waals surface area contributed by atoms with Gasteiger partial charge in [-0.2, -0.15) is 10.1 Å². The summed E-state index contributed by atoms with van der Waals surface area (Å²) in [6, 6.07) is 18.8. The number of nitrogens with zero attached hydrogens (tertiary/aromatic N) is 5. The highest BCUT2D eigenvalue weighted by Crippen LogP contribution is 2.29. The lowest BCUT2D eigenvalue weighted by Crippen LogP contribution is -2.29. The predicted octanol–water partition coefficient (Wildman–Crippen LogP) is 4.46. The molecule has 5 rings (SSSR count). The Hall–Kier alpha value is -4.20. The fourth-order valence-corrected chi connectivity index (χ4v) is 4.32. The highest BCUT2D eigenvalue weighted by Gasteiger charge is 2.31. The Kier molecular flexibility index (Phi) is 6.43. The van der Waals surface area contributed by atoms with Crippen molar-refractivity contribution in [1.29, 1.82) is 0 Å². The summed E-state index contributed by atoms with van der Waals surface area (Å²) in [5.41, 5.74) is 2.48. The van der Waals surface area contributed by atoms with Crippen LogP contribution in [0.2, 0.25) is 0 Å². The molecule has 1 fully saturated rings. The normalized spacial score (nSPS) is 15.3. The Labute approximate surface area is 204 Å². The van der Waals surface area contributed by atoms with Crippen LogP contribution in [0.15, 0.2) is 73.1 Å². The Morgan fingerprint density at radius 3 is 2.63 bits per heavy atom. The highest BCUT2D eigenvalue weighted by atomic mass is 16.5. The molecule has 1 saturated heterocycles. The van der Waals surface area contributed by atoms with Crippen molar-refractivity contribution >= 4 is 5.91 Å². The first-order chi connectivity index (χ1) is 17.1. The fraction of sp³-hybridized carbons (Fsp3) is 0.259. The van der Waals surface area contributed by atoms with Gasteiger partial charge in [0.2, 0.25) is 5.88 Å². The number of rotatable bonds is 7. The van der Waals surface area contributed by atoms with Gasteiger partial charge in [0.05, 0.1) is 13.7 Å². The monoisotopic (exact) mass is 469 g/mol. The molecular weight excluding hydrogens is 442 g/mol. The van der Waals surface area contributed by atoms with E-state index in [1.807, 2.05) is 83.4 Å². The van der Waals surface area contributed by atoms with Gasteiger partial charge in [-0.15, -0.1) is 0 Å². The number of aromatic nitrogens is 4. The maximum atomic E-state index is 13.4. The zero-order valence-corrected chi connectivity index (χ0v) is 19.8. The van der Waals surface area contributed by atoms with Crippen molar-refractivity contribution in [3.63, 3.8) is 0 Å². The molecule has 8 nitrogen and oxygen atoms in total. The van der Waals surface area contributed by atoms with E-state index in [0.29, 0.717) is 42.7 Å². The second-order valence-corrected chi connectivity index (χ2v) is 8.58. The van der Waals surface area contributed by atoms with E-state index in [0.717, 1.165) is 23.4 Å². The van der Waals surface area contributed by atoms with Crippen LogP contribution < -0.4 is 9.47 Å². The highest BCUT2D eigenvalue weighted by molar-refractivity contribution is 5.96. The van der Waals surface area contributed by atoms with E-state index < -0.39 is 0 Å². The first-order valence-corrected chi connectivity index (χ1v) is 11.6. The summed E-state index contributed by atoms with van der Waals surface area (Å²) in [6.45, 7) is 3.71. The third-order valence-electron chi connectivity index (χ3n) is 6.11. The van der Waals surface area contributed by atoms with Gasteiger partial charge in [0.25, 0.3) is 5.91 Å². The molecule has 0 unspecified atom stereocenters. The minimum atomic E-state index is 0.0256. The molecule has 1 aliphatic rings. The molecule has 0 saturated carbocycles. The summed E-state index contributed by atoms with van der Waals surface area (Å²) < 4.78 is 13.0. The van der Waals surface area contributed by atoms with Gasteiger partial charge in [0.15, 0.2) is 0 Å². The van der Waals surface area contributed by atoms with Crippen molar-refractivity contribution in [2.75, 3.05) is 20.2 Å². The minimum absolute atomic E-state index is 0.0256. The average Bonchev–Trinajstić information content (AvgIpc) is 3.57. The van der Waals surface area contributed by atoms with Crippen molar-refractivity contribution in [3.05, 3.63) is 95.7 Å². The molecule has 0 radical (unpaired) electrons. The number of carbonyl (C=O) groups is 1. The van der Waals surface area contributed by atoms with E-state index in [1.165, 1.54) is 0 Å². The molecule has 0 spiro atoms. The molecule has 0 bridgehead atoms. The SMILES string of the molecule is COc1ccc(Oc2cc(C)nc([C@H]3CCN(C(=O)c4ccccc4Cn4cccn4)C3)n2)cc1. The number of amides is 1. The minimum Gasteiger partial charge on any atom is -0.497 e. The number of aryl methyl sites for hydroxylation is 1. The van der Waals surface area contributed by atoms with Crippen LogP contribution >= 0.6 is 0 Å². The summed E-state index contributed by atoms with van der Waals surface area (Å²) >= 11 is 0. The molecule has 0 N–H and O–H groups in total. The number of hydrogen-bond acceptors (Lipinski definition) is 6. The molecule has 1 aliphatic heterocycles. The van der Waals surface area contributed by atoms with Gasteiger partial charge in [-0.25, -0.2) is 4.98 Å². The largest absolute Gasteiger partial charge is 0.497 e. The third-order valence-corrected chi connectivity index (χ3v) is 6.11. The van der Waals surface area contributed by atoms with Gasteiger partial charge >= 0.3 is 0 Å². The van der Waals surface area contributed by atoms with Gasteiger partial charge in [0, 0.05) is 48.7 Å². The van der Waals surface area contributed by atoms with E-state index in [-0.39, 0.29) is 11.8 Å². The summed E-state index contributed by atoms with van der Waals surface area (Å²) in [7, 11) is 1.63. The lowest BCUT2D eigenvalue weighted by Gasteiger charge is -2.19. The summed E-state index contributed by atoms with van der Waals surface area (Å²) in [6.07, 6.45) is 4.44. The molecule has 2 aromatic carbocycles. The third kappa shape index (κ3) is 5.16. The van der Waals surface area contributed by atoms with Gasteiger partial charge in [-0.1, -0.05) is 18.2 Å². The molecule has 1 amide bonds. The van der Waals surface area contributed by atoms with Gasteiger partial charge in [-0.3, -0.25) is 9.48 Å². The molecule has 0 aliphatic carbocycles. The smallest absolute Gasteiger partial charge is 0.254 e. The zero-order valence-electron chi connectivity index (χ0n) is 19.8. The number of benzene rings is 2. The summed E-state index contributed by atoms with van der Waals surface area (Å²) in [5.74, 6) is 2.71. The van der Waals surface area contributed by atoms with Gasteiger partial charge < -0.3 is 14.4 Å². The van der Waals surface area contributed by atoms with Crippen molar-refractivity contribution < 1.29 is 14.3 Å². The van der Waals surface area contributed by atoms with E-state index in [1.54, 1.807) is 13.3 Å². The predicted molar refractivity (Wildman–Crippen MR) is 131 cm³/mol. The Bertz CT molecular complexity index is 1300. The molecule has 2 aromatic heterocycles. The Balaban J connectivity index is 1.30. The van der Waals surface area contributed by atoms with Crippen molar-refractivity contribution in [2.45, 2.75) is 25.8 Å². The van der Waals surface area contributed by atoms with Crippen LogP contribution in [0.4, 0.5) is 0 Å². The average molecular weight is 470 g/mol. The topological polar surface area (TPSA) is 82.4 Å². The molecule has 4 aromatic rings. The standard InChI is InChI=1S/C27H27N5O3/c1-19-16-25(35-23-10-8-22(34-2)9-11-23)30-26(29-19)21-12-15-31(17-21)27(33)24-7-4-3-6-20(24)18-32-14-5-13-28-32/h3-11,13-14,16,21H,12,15,17-18H2,1-2H3/t21-/m0/s1. The van der Waals surface area contributed by atoms with Crippen molar-refractivity contribution in [1.82, 2.24) is 24.6 Å². The maximum Gasteiger partial charge on any atom is 0.254 e. The van der Waals surface area contributed by atoms with Crippen LogP contribution in [0.3, 0.4) is 0 Å². The van der Waals surface area contributed by atoms with Crippen LogP contribution in [0.25, 0.3) is 0 Å². The van der Waals surface area contributed by atoms with Gasteiger partial charge in [-0.05, 0) is 55.3 Å². The summed E-state index contributed by atoms with van der Waals surface area (Å²) in [4.78, 5) is 24.6. The van der Waals surface area contributed by atoms with Gasteiger partial charge in [0.1, 0.15) is 17.3 Å². The lowest BCUT2D eigenvalue weighted by atomic mass is 10.1. The number of hydrogen-bond donors (Lipinski definition) is 0. The van der Waals surface area contributed by atoms with E-state index in [2.05, 4.69) is 15.1 Å². The van der Waals surface area contributed by atoms with Crippen molar-refractivity contribution in [3.8, 4) is 17.4 Å². The molecule has 8 heteroatoms. The first-order valence-electron chi connectivity index (χ1n) is 11.6. The number of carbonyl (C=O) groups excluding carboxylic acids is 1. The van der Waals surface area contributed by atoms with Crippen molar-refractivity contribution in [2.24, 2.45) is 0 Å². The number of methoxy groups -OCH3 is 1. The fourth-order valence-electron chi connectivity index (χ4n) is 4.32. The summed E-state index contributed by atoms with van der Waals surface area (Å²) in [5, 5.41) is 4.27. The second kappa shape index (κ2) is 9.97. The van der Waals surface area contributed by atoms with E-state index in [9.17, 15) is 4.79 Å². The quantitative estimate of drug-likeness (QED) is 0.397. The Morgan fingerprint density at radius 2 is 1.86 bits per heavy atom. The molecular formula is C27H27N5O3. The second-order valence-electron chi connectivity index (χ2n) is 8.58.